The van der Waals surface area contributed by atoms with E-state index < -0.39 is 17.5 Å². The third kappa shape index (κ3) is 4.30. The van der Waals surface area contributed by atoms with Crippen LogP contribution in [0.4, 0.5) is 13.2 Å². The fourth-order valence-electron chi connectivity index (χ4n) is 3.95. The fourth-order valence-corrected chi connectivity index (χ4v) is 3.95. The van der Waals surface area contributed by atoms with Crippen LogP contribution in [0.1, 0.15) is 56.5 Å². The number of halogens is 3. The molecule has 0 radical (unpaired) electrons. The Morgan fingerprint density at radius 1 is 1.16 bits per heavy atom. The number of nitrogens with zero attached hydrogens (tertiary/aromatic N) is 4. The van der Waals surface area contributed by atoms with Gasteiger partial charge in [0.2, 0.25) is 5.91 Å². The molecule has 31 heavy (non-hydrogen) atoms. The number of carbonyl (C=O) groups is 1. The minimum atomic E-state index is -4.59. The van der Waals surface area contributed by atoms with Gasteiger partial charge in [-0.3, -0.25) is 9.78 Å². The lowest BCUT2D eigenvalue weighted by Crippen LogP contribution is -2.50. The molecule has 10 heteroatoms. The summed E-state index contributed by atoms with van der Waals surface area (Å²) in [4.78, 5) is 22.6. The SMILES string of the molecule is CC(C)(C(=O)N1CCC(c2noc(-c3ccnc(C4CCOC4)c3)n2)CC1)C(F)(F)F. The van der Waals surface area contributed by atoms with Crippen molar-refractivity contribution in [2.45, 2.75) is 51.1 Å². The summed E-state index contributed by atoms with van der Waals surface area (Å²) in [6.45, 7) is 3.68. The summed E-state index contributed by atoms with van der Waals surface area (Å²) in [5.74, 6) is 0.187. The number of aromatic nitrogens is 3. The summed E-state index contributed by atoms with van der Waals surface area (Å²) in [7, 11) is 0. The molecular formula is C21H25F3N4O3. The molecule has 1 unspecified atom stereocenters. The van der Waals surface area contributed by atoms with Crippen LogP contribution in [-0.2, 0) is 9.53 Å². The van der Waals surface area contributed by atoms with Crippen LogP contribution in [0.5, 0.6) is 0 Å². The Bertz CT molecular complexity index is 930. The van der Waals surface area contributed by atoms with Crippen molar-refractivity contribution in [3.63, 3.8) is 0 Å². The van der Waals surface area contributed by atoms with E-state index in [1.807, 2.05) is 6.07 Å². The van der Waals surface area contributed by atoms with E-state index in [-0.39, 0.29) is 24.9 Å². The van der Waals surface area contributed by atoms with Crippen LogP contribution in [0.3, 0.4) is 0 Å². The molecule has 7 nitrogen and oxygen atoms in total. The third-order valence-corrected chi connectivity index (χ3v) is 6.21. The molecule has 2 aromatic rings. The molecule has 0 aliphatic carbocycles. The van der Waals surface area contributed by atoms with E-state index >= 15 is 0 Å². The van der Waals surface area contributed by atoms with Gasteiger partial charge in [-0.1, -0.05) is 5.16 Å². The van der Waals surface area contributed by atoms with Crippen molar-refractivity contribution in [1.29, 1.82) is 0 Å². The van der Waals surface area contributed by atoms with Crippen molar-refractivity contribution >= 4 is 5.91 Å². The minimum absolute atomic E-state index is 0.0694. The van der Waals surface area contributed by atoms with E-state index in [1.165, 1.54) is 4.90 Å². The van der Waals surface area contributed by atoms with Crippen LogP contribution in [0, 0.1) is 5.41 Å². The minimum Gasteiger partial charge on any atom is -0.381 e. The Hall–Kier alpha value is -2.49. The third-order valence-electron chi connectivity index (χ3n) is 6.21. The highest BCUT2D eigenvalue weighted by Crippen LogP contribution is 2.40. The second-order valence-electron chi connectivity index (χ2n) is 8.68. The molecule has 2 fully saturated rings. The van der Waals surface area contributed by atoms with E-state index in [0.29, 0.717) is 31.2 Å². The zero-order valence-electron chi connectivity index (χ0n) is 17.5. The van der Waals surface area contributed by atoms with Crippen molar-refractivity contribution in [3.05, 3.63) is 29.8 Å². The van der Waals surface area contributed by atoms with Crippen molar-refractivity contribution in [2.24, 2.45) is 5.41 Å². The second-order valence-corrected chi connectivity index (χ2v) is 8.68. The Balaban J connectivity index is 1.41. The molecule has 1 amide bonds. The quantitative estimate of drug-likeness (QED) is 0.720. The normalized spacial score (nSPS) is 20.9. The maximum atomic E-state index is 13.2. The number of hydrogen-bond acceptors (Lipinski definition) is 6. The number of alkyl halides is 3. The van der Waals surface area contributed by atoms with Gasteiger partial charge in [0.1, 0.15) is 5.41 Å². The van der Waals surface area contributed by atoms with Gasteiger partial charge in [0.25, 0.3) is 5.89 Å². The van der Waals surface area contributed by atoms with Gasteiger partial charge in [0, 0.05) is 49.0 Å². The molecule has 0 bridgehead atoms. The first-order valence-corrected chi connectivity index (χ1v) is 10.4. The summed E-state index contributed by atoms with van der Waals surface area (Å²) in [5.41, 5.74) is -0.702. The number of pyridine rings is 1. The molecule has 4 rings (SSSR count). The molecular weight excluding hydrogens is 413 g/mol. The van der Waals surface area contributed by atoms with Gasteiger partial charge >= 0.3 is 6.18 Å². The van der Waals surface area contributed by atoms with Gasteiger partial charge in [-0.15, -0.1) is 0 Å². The predicted octanol–water partition coefficient (Wildman–Crippen LogP) is 3.93. The fraction of sp³-hybridized carbons (Fsp3) is 0.619. The lowest BCUT2D eigenvalue weighted by atomic mass is 9.88. The number of piperidine rings is 1. The van der Waals surface area contributed by atoms with Crippen LogP contribution in [-0.4, -0.2) is 58.4 Å². The van der Waals surface area contributed by atoms with Gasteiger partial charge in [0.05, 0.1) is 6.61 Å². The van der Waals surface area contributed by atoms with Crippen molar-refractivity contribution < 1.29 is 27.2 Å². The summed E-state index contributed by atoms with van der Waals surface area (Å²) in [5, 5.41) is 4.09. The zero-order chi connectivity index (χ0) is 22.2. The number of carbonyl (C=O) groups excluding carboxylic acids is 1. The lowest BCUT2D eigenvalue weighted by Gasteiger charge is -2.37. The molecule has 0 saturated carbocycles. The van der Waals surface area contributed by atoms with Crippen LogP contribution in [0.15, 0.2) is 22.9 Å². The van der Waals surface area contributed by atoms with Crippen LogP contribution in [0.2, 0.25) is 0 Å². The summed E-state index contributed by atoms with van der Waals surface area (Å²) in [6, 6.07) is 3.73. The summed E-state index contributed by atoms with van der Waals surface area (Å²) < 4.78 is 50.4. The summed E-state index contributed by atoms with van der Waals surface area (Å²) in [6.07, 6.45) is -0.982. The van der Waals surface area contributed by atoms with Crippen molar-refractivity contribution in [2.75, 3.05) is 26.3 Å². The molecule has 0 aromatic carbocycles. The predicted molar refractivity (Wildman–Crippen MR) is 104 cm³/mol. The topological polar surface area (TPSA) is 81.4 Å². The molecule has 2 saturated heterocycles. The average molecular weight is 438 g/mol. The Labute approximate surface area is 178 Å². The Morgan fingerprint density at radius 3 is 2.55 bits per heavy atom. The largest absolute Gasteiger partial charge is 0.402 e. The number of rotatable bonds is 4. The molecule has 1 atom stereocenters. The van der Waals surface area contributed by atoms with Crippen LogP contribution in [0.25, 0.3) is 11.5 Å². The van der Waals surface area contributed by atoms with Gasteiger partial charge in [0.15, 0.2) is 5.82 Å². The van der Waals surface area contributed by atoms with E-state index in [4.69, 9.17) is 9.26 Å². The number of amides is 1. The van der Waals surface area contributed by atoms with E-state index in [2.05, 4.69) is 15.1 Å². The highest BCUT2D eigenvalue weighted by molar-refractivity contribution is 5.83. The smallest absolute Gasteiger partial charge is 0.381 e. The van der Waals surface area contributed by atoms with E-state index in [1.54, 1.807) is 12.3 Å². The number of hydrogen-bond donors (Lipinski definition) is 0. The molecule has 0 spiro atoms. The first-order chi connectivity index (χ1) is 14.7. The zero-order valence-corrected chi connectivity index (χ0v) is 17.5. The second kappa shape index (κ2) is 8.22. The molecule has 2 aliphatic heterocycles. The maximum absolute atomic E-state index is 13.2. The first kappa shape index (κ1) is 21.7. The van der Waals surface area contributed by atoms with Crippen LogP contribution >= 0.6 is 0 Å². The number of likely N-dealkylation sites (tertiary alicyclic amines) is 1. The summed E-state index contributed by atoms with van der Waals surface area (Å²) >= 11 is 0. The lowest BCUT2D eigenvalue weighted by molar-refractivity contribution is -0.217. The van der Waals surface area contributed by atoms with Gasteiger partial charge in [-0.05, 0) is 45.2 Å². The first-order valence-electron chi connectivity index (χ1n) is 10.4. The molecule has 4 heterocycles. The Kier molecular flexibility index (Phi) is 5.76. The standard InChI is InChI=1S/C21H25F3N4O3/c1-20(2,21(22,23)24)19(29)28-8-4-13(5-9-28)17-26-18(31-27-17)14-3-7-25-16(11-14)15-6-10-30-12-15/h3,7,11,13,15H,4-6,8-10,12H2,1-2H3. The highest BCUT2D eigenvalue weighted by Gasteiger charge is 2.54. The van der Waals surface area contributed by atoms with E-state index in [0.717, 1.165) is 38.1 Å². The molecule has 2 aliphatic rings. The monoisotopic (exact) mass is 438 g/mol. The van der Waals surface area contributed by atoms with Gasteiger partial charge < -0.3 is 14.2 Å². The van der Waals surface area contributed by atoms with Gasteiger partial charge in [-0.25, -0.2) is 0 Å². The number of ether oxygens (including phenoxy) is 1. The molecule has 168 valence electrons. The maximum Gasteiger partial charge on any atom is 0.402 e. The molecule has 0 N–H and O–H groups in total. The van der Waals surface area contributed by atoms with Crippen molar-refractivity contribution in [1.82, 2.24) is 20.0 Å². The highest BCUT2D eigenvalue weighted by atomic mass is 19.4. The average Bonchev–Trinajstić information content (AvgIpc) is 3.45. The molecule has 2 aromatic heterocycles. The van der Waals surface area contributed by atoms with Gasteiger partial charge in [-0.2, -0.15) is 18.2 Å². The Morgan fingerprint density at radius 2 is 1.90 bits per heavy atom. The van der Waals surface area contributed by atoms with Crippen molar-refractivity contribution in [3.8, 4) is 11.5 Å². The van der Waals surface area contributed by atoms with Crippen LogP contribution < -0.4 is 0 Å². The van der Waals surface area contributed by atoms with E-state index in [9.17, 15) is 18.0 Å².